The van der Waals surface area contributed by atoms with Gasteiger partial charge in [-0.05, 0) is 37.0 Å². The smallest absolute Gasteiger partial charge is 0.249 e. The molecule has 1 saturated carbocycles. The molecule has 0 atom stereocenters. The first-order chi connectivity index (χ1) is 9.08. The molecule has 0 aliphatic heterocycles. The van der Waals surface area contributed by atoms with Crippen LogP contribution >= 0.6 is 11.6 Å². The molecule has 2 N–H and O–H groups in total. The van der Waals surface area contributed by atoms with Crippen molar-refractivity contribution in [3.8, 4) is 16.9 Å². The highest BCUT2D eigenvalue weighted by atomic mass is 35.5. The predicted molar refractivity (Wildman–Crippen MR) is 74.4 cm³/mol. The van der Waals surface area contributed by atoms with E-state index in [0.29, 0.717) is 28.9 Å². The van der Waals surface area contributed by atoms with Crippen molar-refractivity contribution in [1.29, 1.82) is 0 Å². The van der Waals surface area contributed by atoms with Gasteiger partial charge in [-0.15, -0.1) is 0 Å². The molecule has 0 aromatic heterocycles. The molecule has 1 aliphatic carbocycles. The van der Waals surface area contributed by atoms with Gasteiger partial charge in [-0.3, -0.25) is 9.59 Å². The summed E-state index contributed by atoms with van der Waals surface area (Å²) in [5.41, 5.74) is 5.19. The molecule has 0 unspecified atom stereocenters. The average Bonchev–Trinajstić information content (AvgIpc) is 3.22. The molecule has 0 heterocycles. The van der Waals surface area contributed by atoms with Crippen LogP contribution in [0, 0.1) is 5.92 Å². The number of ether oxygens (including phenoxy) is 1. The maximum Gasteiger partial charge on any atom is 0.249 e. The second kappa shape index (κ2) is 4.38. The highest BCUT2D eigenvalue weighted by Gasteiger charge is 2.25. The monoisotopic (exact) mass is 277 g/mol. The third-order valence-corrected chi connectivity index (χ3v) is 3.57. The highest BCUT2D eigenvalue weighted by Crippen LogP contribution is 2.36. The van der Waals surface area contributed by atoms with Gasteiger partial charge in [0, 0.05) is 10.6 Å². The van der Waals surface area contributed by atoms with E-state index in [0.717, 1.165) is 12.8 Å². The van der Waals surface area contributed by atoms with Crippen molar-refractivity contribution >= 4 is 17.3 Å². The van der Waals surface area contributed by atoms with E-state index < -0.39 is 10.9 Å². The Balaban J connectivity index is 2.00. The average molecular weight is 278 g/mol. The summed E-state index contributed by atoms with van der Waals surface area (Å²) in [5, 5.41) is 0.520. The van der Waals surface area contributed by atoms with E-state index in [1.165, 1.54) is 0 Å². The van der Waals surface area contributed by atoms with Crippen molar-refractivity contribution in [2.24, 2.45) is 5.92 Å². The number of nitrogen functional groups attached to an aromatic ring is 1. The molecule has 98 valence electrons. The lowest BCUT2D eigenvalue weighted by Crippen LogP contribution is -2.35. The molecule has 1 aliphatic rings. The van der Waals surface area contributed by atoms with Crippen LogP contribution in [-0.4, -0.2) is 6.61 Å². The molecule has 0 saturated heterocycles. The SMILES string of the molecule is Nc1c(-c2ccc(Cl)cc2OCC2CC2)c(=O)c1=O. The fourth-order valence-corrected chi connectivity index (χ4v) is 2.15. The second-order valence-corrected chi connectivity index (χ2v) is 5.28. The summed E-state index contributed by atoms with van der Waals surface area (Å²) in [4.78, 5) is 22.8. The molecule has 1 fully saturated rings. The normalized spacial score (nSPS) is 14.8. The van der Waals surface area contributed by atoms with Crippen LogP contribution < -0.4 is 21.3 Å². The standard InChI is InChI=1S/C14H12ClNO3/c15-8-3-4-9(11-12(16)14(18)13(11)17)10(5-8)19-6-7-1-2-7/h3-5,7H,1-2,6,16H2. The topological polar surface area (TPSA) is 69.4 Å². The lowest BCUT2D eigenvalue weighted by molar-refractivity contribution is 0.301. The number of hydrogen-bond acceptors (Lipinski definition) is 4. The Kier molecular flexibility index (Phi) is 2.82. The molecular formula is C14H12ClNO3. The van der Waals surface area contributed by atoms with Crippen LogP contribution in [-0.2, 0) is 0 Å². The molecular weight excluding hydrogens is 266 g/mol. The van der Waals surface area contributed by atoms with Gasteiger partial charge >= 0.3 is 0 Å². The molecule has 0 bridgehead atoms. The van der Waals surface area contributed by atoms with E-state index >= 15 is 0 Å². The largest absolute Gasteiger partial charge is 0.493 e. The van der Waals surface area contributed by atoms with Crippen molar-refractivity contribution < 1.29 is 4.74 Å². The first kappa shape index (κ1) is 12.2. The summed E-state index contributed by atoms with van der Waals surface area (Å²) in [6.07, 6.45) is 2.33. The van der Waals surface area contributed by atoms with E-state index in [-0.39, 0.29) is 11.3 Å². The van der Waals surface area contributed by atoms with Crippen LogP contribution in [0.15, 0.2) is 27.8 Å². The summed E-state index contributed by atoms with van der Waals surface area (Å²) in [6.45, 7) is 0.600. The van der Waals surface area contributed by atoms with Crippen LogP contribution in [0.2, 0.25) is 5.02 Å². The van der Waals surface area contributed by atoms with Crippen molar-refractivity contribution in [1.82, 2.24) is 0 Å². The molecule has 0 radical (unpaired) electrons. The van der Waals surface area contributed by atoms with E-state index in [2.05, 4.69) is 0 Å². The summed E-state index contributed by atoms with van der Waals surface area (Å²) >= 11 is 5.94. The minimum atomic E-state index is -0.627. The maximum atomic E-state index is 11.6. The fourth-order valence-electron chi connectivity index (χ4n) is 1.99. The van der Waals surface area contributed by atoms with Gasteiger partial charge in [-0.25, -0.2) is 0 Å². The number of anilines is 1. The van der Waals surface area contributed by atoms with Gasteiger partial charge < -0.3 is 10.5 Å². The van der Waals surface area contributed by atoms with Gasteiger partial charge in [0.1, 0.15) is 5.75 Å². The second-order valence-electron chi connectivity index (χ2n) is 4.84. The molecule has 19 heavy (non-hydrogen) atoms. The van der Waals surface area contributed by atoms with Gasteiger partial charge in [-0.1, -0.05) is 11.6 Å². The number of benzene rings is 1. The van der Waals surface area contributed by atoms with Crippen LogP contribution in [0.25, 0.3) is 11.1 Å². The Labute approximate surface area is 114 Å². The predicted octanol–water partition coefficient (Wildman–Crippen LogP) is 1.97. The van der Waals surface area contributed by atoms with Crippen LogP contribution in [0.1, 0.15) is 12.8 Å². The lowest BCUT2D eigenvalue weighted by Gasteiger charge is -2.14. The molecule has 5 heteroatoms. The van der Waals surface area contributed by atoms with Gasteiger partial charge in [0.25, 0.3) is 0 Å². The number of halogens is 1. The van der Waals surface area contributed by atoms with E-state index in [1.807, 2.05) is 0 Å². The molecule has 3 rings (SSSR count). The molecule has 2 aromatic carbocycles. The van der Waals surface area contributed by atoms with E-state index in [4.69, 9.17) is 22.1 Å². The summed E-state index contributed by atoms with van der Waals surface area (Å²) in [7, 11) is 0. The molecule has 2 aromatic rings. The lowest BCUT2D eigenvalue weighted by atomic mass is 9.98. The zero-order valence-corrected chi connectivity index (χ0v) is 10.9. The Morgan fingerprint density at radius 3 is 2.63 bits per heavy atom. The Morgan fingerprint density at radius 2 is 2.00 bits per heavy atom. The van der Waals surface area contributed by atoms with E-state index in [9.17, 15) is 9.59 Å². The van der Waals surface area contributed by atoms with Crippen molar-refractivity contribution in [3.63, 3.8) is 0 Å². The van der Waals surface area contributed by atoms with Gasteiger partial charge in [0.15, 0.2) is 0 Å². The van der Waals surface area contributed by atoms with Crippen LogP contribution in [0.5, 0.6) is 5.75 Å². The Hall–Kier alpha value is -1.81. The Bertz CT molecular complexity index is 712. The minimum Gasteiger partial charge on any atom is -0.493 e. The Morgan fingerprint density at radius 1 is 1.26 bits per heavy atom. The number of rotatable bonds is 4. The third kappa shape index (κ3) is 2.12. The highest BCUT2D eigenvalue weighted by molar-refractivity contribution is 6.30. The van der Waals surface area contributed by atoms with E-state index in [1.54, 1.807) is 18.2 Å². The van der Waals surface area contributed by atoms with Crippen LogP contribution in [0.4, 0.5) is 5.69 Å². The summed E-state index contributed by atoms with van der Waals surface area (Å²) in [6, 6.07) is 4.96. The summed E-state index contributed by atoms with van der Waals surface area (Å²) < 4.78 is 5.69. The van der Waals surface area contributed by atoms with Gasteiger partial charge in [0.05, 0.1) is 17.9 Å². The third-order valence-electron chi connectivity index (χ3n) is 3.33. The van der Waals surface area contributed by atoms with Gasteiger partial charge in [0.2, 0.25) is 10.9 Å². The number of nitrogens with two attached hydrogens (primary N) is 1. The molecule has 0 spiro atoms. The van der Waals surface area contributed by atoms with Gasteiger partial charge in [-0.2, -0.15) is 0 Å². The zero-order chi connectivity index (χ0) is 13.6. The fraction of sp³-hybridized carbons (Fsp3) is 0.286. The number of hydrogen-bond donors (Lipinski definition) is 1. The molecule has 0 amide bonds. The maximum absolute atomic E-state index is 11.6. The quantitative estimate of drug-likeness (QED) is 0.868. The van der Waals surface area contributed by atoms with Crippen LogP contribution in [0.3, 0.4) is 0 Å². The minimum absolute atomic E-state index is 0.00333. The van der Waals surface area contributed by atoms with Crippen molar-refractivity contribution in [2.75, 3.05) is 12.3 Å². The van der Waals surface area contributed by atoms with Crippen molar-refractivity contribution in [2.45, 2.75) is 12.8 Å². The first-order valence-electron chi connectivity index (χ1n) is 6.09. The zero-order valence-electron chi connectivity index (χ0n) is 10.1. The summed E-state index contributed by atoms with van der Waals surface area (Å²) in [5.74, 6) is 1.09. The van der Waals surface area contributed by atoms with Crippen molar-refractivity contribution in [3.05, 3.63) is 43.7 Å². The first-order valence-corrected chi connectivity index (χ1v) is 6.47. The molecule has 4 nitrogen and oxygen atoms in total.